The van der Waals surface area contributed by atoms with Crippen molar-refractivity contribution in [3.8, 4) is 33.4 Å². The highest BCUT2D eigenvalue weighted by molar-refractivity contribution is 7.25. The zero-order valence-electron chi connectivity index (χ0n) is 29.8. The molecule has 11 rings (SSSR count). The predicted octanol–water partition coefficient (Wildman–Crippen LogP) is 15.6. The van der Waals surface area contributed by atoms with Gasteiger partial charge in [-0.3, -0.25) is 0 Å². The molecule has 0 radical (unpaired) electrons. The predicted molar refractivity (Wildman–Crippen MR) is 235 cm³/mol. The number of hydrogen-bond acceptors (Lipinski definition) is 3. The van der Waals surface area contributed by atoms with Gasteiger partial charge in [-0.15, -0.1) is 11.3 Å². The molecule has 0 spiro atoms. The molecule has 0 unspecified atom stereocenters. The van der Waals surface area contributed by atoms with Crippen molar-refractivity contribution in [2.45, 2.75) is 0 Å². The van der Waals surface area contributed by atoms with Crippen molar-refractivity contribution in [2.75, 3.05) is 4.90 Å². The van der Waals surface area contributed by atoms with Gasteiger partial charge >= 0.3 is 0 Å². The van der Waals surface area contributed by atoms with Gasteiger partial charge in [-0.05, 0) is 111 Å². The molecule has 55 heavy (non-hydrogen) atoms. The monoisotopic (exact) mass is 719 g/mol. The third-order valence-electron chi connectivity index (χ3n) is 10.9. The second-order valence-corrected chi connectivity index (χ2v) is 15.2. The molecule has 2 nitrogen and oxygen atoms in total. The van der Waals surface area contributed by atoms with Gasteiger partial charge in [-0.1, -0.05) is 127 Å². The molecule has 0 aliphatic heterocycles. The first-order valence-corrected chi connectivity index (χ1v) is 19.5. The summed E-state index contributed by atoms with van der Waals surface area (Å²) in [6, 6.07) is 72.4. The van der Waals surface area contributed by atoms with Crippen LogP contribution in [0.25, 0.3) is 86.3 Å². The van der Waals surface area contributed by atoms with Crippen LogP contribution in [0, 0.1) is 0 Å². The van der Waals surface area contributed by atoms with E-state index in [1.165, 1.54) is 64.3 Å². The van der Waals surface area contributed by atoms with Gasteiger partial charge in [0, 0.05) is 47.9 Å². The van der Waals surface area contributed by atoms with Crippen LogP contribution < -0.4 is 4.90 Å². The third kappa shape index (κ3) is 5.48. The summed E-state index contributed by atoms with van der Waals surface area (Å²) in [7, 11) is 0. The van der Waals surface area contributed by atoms with E-state index in [0.29, 0.717) is 0 Å². The Morgan fingerprint density at radius 1 is 0.345 bits per heavy atom. The highest BCUT2D eigenvalue weighted by atomic mass is 32.1. The van der Waals surface area contributed by atoms with Crippen LogP contribution in [0.4, 0.5) is 17.1 Å². The van der Waals surface area contributed by atoms with E-state index in [2.05, 4.69) is 193 Å². The Hall–Kier alpha value is -6.94. The summed E-state index contributed by atoms with van der Waals surface area (Å²) >= 11 is 1.85. The van der Waals surface area contributed by atoms with Crippen molar-refractivity contribution in [1.82, 2.24) is 0 Å². The molecule has 258 valence electrons. The van der Waals surface area contributed by atoms with Gasteiger partial charge in [0.1, 0.15) is 11.2 Å². The SMILES string of the molecule is c1cc(-c2ccc(N(c3ccc4oc5ccccc5c4c3)c3ccccc3-c3ccc4sc5ccccc5c4c3)cc2)cc(-c2ccc3ccccc3c2)c1. The Labute approximate surface area is 322 Å². The minimum atomic E-state index is 0.884. The van der Waals surface area contributed by atoms with Crippen LogP contribution in [0.3, 0.4) is 0 Å². The Kier molecular flexibility index (Phi) is 7.39. The molecule has 0 saturated carbocycles. The number of fused-ring (bicyclic) bond motifs is 7. The second kappa shape index (κ2) is 12.9. The largest absolute Gasteiger partial charge is 0.456 e. The molecule has 0 N–H and O–H groups in total. The lowest BCUT2D eigenvalue weighted by Crippen LogP contribution is -2.11. The number of nitrogens with zero attached hydrogens (tertiary/aromatic N) is 1. The van der Waals surface area contributed by atoms with Crippen molar-refractivity contribution in [3.63, 3.8) is 0 Å². The van der Waals surface area contributed by atoms with Crippen molar-refractivity contribution in [2.24, 2.45) is 0 Å². The maximum atomic E-state index is 6.27. The molecule has 0 saturated heterocycles. The van der Waals surface area contributed by atoms with E-state index in [0.717, 1.165) is 39.0 Å². The van der Waals surface area contributed by atoms with Gasteiger partial charge in [-0.2, -0.15) is 0 Å². The van der Waals surface area contributed by atoms with E-state index in [1.807, 2.05) is 23.5 Å². The van der Waals surface area contributed by atoms with Gasteiger partial charge in [0.15, 0.2) is 0 Å². The quantitative estimate of drug-likeness (QED) is 0.170. The standard InChI is InChI=1S/C52H33NOS/c1-2-11-36-31-39(21-20-34(36)10-1)38-13-9-12-37(30-38)35-22-25-41(26-23-35)53(42-27-28-50-46(33-42)44-15-4-7-18-49(44)54-50)48-17-6-3-14-43(48)40-24-29-52-47(32-40)45-16-5-8-19-51(45)55-52/h1-33H. The first-order chi connectivity index (χ1) is 27.2. The molecule has 0 aliphatic rings. The third-order valence-corrected chi connectivity index (χ3v) is 12.0. The molecule has 0 atom stereocenters. The highest BCUT2D eigenvalue weighted by Gasteiger charge is 2.20. The lowest BCUT2D eigenvalue weighted by Gasteiger charge is -2.28. The Bertz CT molecular complexity index is 3220. The number of hydrogen-bond donors (Lipinski definition) is 0. The van der Waals surface area contributed by atoms with Gasteiger partial charge in [0.2, 0.25) is 0 Å². The van der Waals surface area contributed by atoms with Crippen molar-refractivity contribution in [1.29, 1.82) is 0 Å². The average molecular weight is 720 g/mol. The molecule has 0 aliphatic carbocycles. The first kappa shape index (κ1) is 31.6. The van der Waals surface area contributed by atoms with E-state index in [-0.39, 0.29) is 0 Å². The summed E-state index contributed by atoms with van der Waals surface area (Å²) in [6.45, 7) is 0. The zero-order valence-corrected chi connectivity index (χ0v) is 30.6. The van der Waals surface area contributed by atoms with E-state index in [9.17, 15) is 0 Å². The molecule has 2 aromatic heterocycles. The Morgan fingerprint density at radius 3 is 1.91 bits per heavy atom. The zero-order chi connectivity index (χ0) is 36.3. The molecule has 9 aromatic carbocycles. The van der Waals surface area contributed by atoms with E-state index >= 15 is 0 Å². The minimum Gasteiger partial charge on any atom is -0.456 e. The summed E-state index contributed by atoms with van der Waals surface area (Å²) in [5.74, 6) is 0. The summed E-state index contributed by atoms with van der Waals surface area (Å²) < 4.78 is 8.89. The Morgan fingerprint density at radius 2 is 1.00 bits per heavy atom. The molecule has 0 fully saturated rings. The van der Waals surface area contributed by atoms with Crippen LogP contribution in [0.15, 0.2) is 205 Å². The Balaban J connectivity index is 1.04. The number of thiophene rings is 1. The van der Waals surface area contributed by atoms with Crippen LogP contribution >= 0.6 is 11.3 Å². The van der Waals surface area contributed by atoms with Gasteiger partial charge < -0.3 is 9.32 Å². The first-order valence-electron chi connectivity index (χ1n) is 18.7. The van der Waals surface area contributed by atoms with Crippen molar-refractivity contribution in [3.05, 3.63) is 200 Å². The topological polar surface area (TPSA) is 16.4 Å². The maximum Gasteiger partial charge on any atom is 0.135 e. The smallest absolute Gasteiger partial charge is 0.135 e. The van der Waals surface area contributed by atoms with Crippen LogP contribution in [-0.4, -0.2) is 0 Å². The molecule has 2 heterocycles. The van der Waals surface area contributed by atoms with Crippen molar-refractivity contribution >= 4 is 81.3 Å². The van der Waals surface area contributed by atoms with Gasteiger partial charge in [0.25, 0.3) is 0 Å². The van der Waals surface area contributed by atoms with Crippen molar-refractivity contribution < 1.29 is 4.42 Å². The number of para-hydroxylation sites is 2. The number of furan rings is 1. The average Bonchev–Trinajstić information content (AvgIpc) is 3.82. The molecular formula is C52H33NOS. The summed E-state index contributed by atoms with van der Waals surface area (Å²) in [4.78, 5) is 2.39. The van der Waals surface area contributed by atoms with Crippen LogP contribution in [-0.2, 0) is 0 Å². The number of anilines is 3. The molecule has 0 amide bonds. The lowest BCUT2D eigenvalue weighted by atomic mass is 9.97. The lowest BCUT2D eigenvalue weighted by molar-refractivity contribution is 0.669. The van der Waals surface area contributed by atoms with E-state index in [4.69, 9.17) is 4.42 Å². The normalized spacial score (nSPS) is 11.6. The summed E-state index contributed by atoms with van der Waals surface area (Å²) in [5.41, 5.74) is 12.2. The molecule has 11 aromatic rings. The van der Waals surface area contributed by atoms with E-state index in [1.54, 1.807) is 0 Å². The number of rotatable bonds is 6. The fourth-order valence-electron chi connectivity index (χ4n) is 8.14. The summed E-state index contributed by atoms with van der Waals surface area (Å²) in [5, 5.41) is 7.32. The fraction of sp³-hybridized carbons (Fsp3) is 0. The number of benzene rings is 9. The van der Waals surface area contributed by atoms with Gasteiger partial charge in [0.05, 0.1) is 5.69 Å². The second-order valence-electron chi connectivity index (χ2n) is 14.1. The van der Waals surface area contributed by atoms with Crippen LogP contribution in [0.5, 0.6) is 0 Å². The summed E-state index contributed by atoms with van der Waals surface area (Å²) in [6.07, 6.45) is 0. The molecular weight excluding hydrogens is 687 g/mol. The van der Waals surface area contributed by atoms with Gasteiger partial charge in [-0.25, -0.2) is 0 Å². The molecule has 3 heteroatoms. The van der Waals surface area contributed by atoms with Crippen LogP contribution in [0.2, 0.25) is 0 Å². The highest BCUT2D eigenvalue weighted by Crippen LogP contribution is 2.45. The van der Waals surface area contributed by atoms with E-state index < -0.39 is 0 Å². The fourth-order valence-corrected chi connectivity index (χ4v) is 9.22. The van der Waals surface area contributed by atoms with Crippen LogP contribution in [0.1, 0.15) is 0 Å². The maximum absolute atomic E-state index is 6.27. The molecule has 0 bridgehead atoms. The minimum absolute atomic E-state index is 0.884.